The first-order valence-electron chi connectivity index (χ1n) is 8.27. The molecule has 1 N–H and O–H groups in total. The Hall–Kier alpha value is -2.73. The summed E-state index contributed by atoms with van der Waals surface area (Å²) in [6.07, 6.45) is 0.211. The fraction of sp³-hybridized carbons (Fsp3) is 0.200. The average molecular weight is 370 g/mol. The monoisotopic (exact) mass is 370 g/mol. The topological polar surface area (TPSA) is 51.2 Å². The minimum Gasteiger partial charge on any atom is -0.492 e. The van der Waals surface area contributed by atoms with Crippen LogP contribution in [0, 0.1) is 12.7 Å². The first-order valence-corrected chi connectivity index (χ1v) is 9.14. The SMILES string of the molecule is Cc1ccc(OCCNC(=O)Cc2csc(-c3ccc(F)cc3)n2)cc1. The number of carbonyl (C=O) groups excluding carboxylic acids is 1. The van der Waals surface area contributed by atoms with Crippen LogP contribution in [-0.4, -0.2) is 24.0 Å². The third kappa shape index (κ3) is 5.13. The van der Waals surface area contributed by atoms with E-state index in [2.05, 4.69) is 10.3 Å². The Labute approximate surface area is 155 Å². The maximum Gasteiger partial charge on any atom is 0.226 e. The molecule has 0 atom stereocenters. The Morgan fingerprint density at radius 3 is 2.62 bits per heavy atom. The van der Waals surface area contributed by atoms with E-state index in [0.29, 0.717) is 18.8 Å². The second-order valence-corrected chi connectivity index (χ2v) is 6.70. The molecule has 3 rings (SSSR count). The molecule has 0 saturated heterocycles. The minimum atomic E-state index is -0.280. The molecule has 0 saturated carbocycles. The molecule has 6 heteroatoms. The van der Waals surface area contributed by atoms with Gasteiger partial charge in [0.1, 0.15) is 23.2 Å². The van der Waals surface area contributed by atoms with Crippen LogP contribution in [0.4, 0.5) is 4.39 Å². The highest BCUT2D eigenvalue weighted by atomic mass is 32.1. The van der Waals surface area contributed by atoms with Crippen molar-refractivity contribution >= 4 is 17.2 Å². The highest BCUT2D eigenvalue weighted by Crippen LogP contribution is 2.24. The number of hydrogen-bond donors (Lipinski definition) is 1. The number of halogens is 1. The molecule has 0 spiro atoms. The maximum atomic E-state index is 13.0. The summed E-state index contributed by atoms with van der Waals surface area (Å²) in [5.41, 5.74) is 2.72. The lowest BCUT2D eigenvalue weighted by molar-refractivity contribution is -0.120. The molecule has 1 heterocycles. The lowest BCUT2D eigenvalue weighted by Gasteiger charge is -2.07. The number of nitrogens with zero attached hydrogens (tertiary/aromatic N) is 1. The van der Waals surface area contributed by atoms with E-state index in [4.69, 9.17) is 4.74 Å². The summed E-state index contributed by atoms with van der Waals surface area (Å²) in [5, 5.41) is 5.44. The Kier molecular flexibility index (Phi) is 5.96. The Morgan fingerprint density at radius 2 is 1.88 bits per heavy atom. The van der Waals surface area contributed by atoms with Gasteiger partial charge in [0.05, 0.1) is 18.7 Å². The second-order valence-electron chi connectivity index (χ2n) is 5.84. The van der Waals surface area contributed by atoms with Crippen LogP contribution in [0.3, 0.4) is 0 Å². The number of carbonyl (C=O) groups is 1. The zero-order valence-corrected chi connectivity index (χ0v) is 15.2. The van der Waals surface area contributed by atoms with Gasteiger partial charge in [0.2, 0.25) is 5.91 Å². The van der Waals surface area contributed by atoms with E-state index in [9.17, 15) is 9.18 Å². The van der Waals surface area contributed by atoms with Crippen molar-refractivity contribution in [2.45, 2.75) is 13.3 Å². The fourth-order valence-electron chi connectivity index (χ4n) is 2.33. The summed E-state index contributed by atoms with van der Waals surface area (Å²) in [4.78, 5) is 16.4. The van der Waals surface area contributed by atoms with Crippen molar-refractivity contribution in [1.29, 1.82) is 0 Å². The average Bonchev–Trinajstić information content (AvgIpc) is 3.09. The minimum absolute atomic E-state index is 0.103. The van der Waals surface area contributed by atoms with Crippen molar-refractivity contribution < 1.29 is 13.9 Å². The predicted molar refractivity (Wildman–Crippen MR) is 101 cm³/mol. The molecule has 4 nitrogen and oxygen atoms in total. The van der Waals surface area contributed by atoms with Gasteiger partial charge in [0, 0.05) is 10.9 Å². The molecule has 0 bridgehead atoms. The quantitative estimate of drug-likeness (QED) is 0.640. The lowest BCUT2D eigenvalue weighted by atomic mass is 10.2. The number of ether oxygens (including phenoxy) is 1. The largest absolute Gasteiger partial charge is 0.492 e. The second kappa shape index (κ2) is 8.58. The molecule has 0 aliphatic carbocycles. The zero-order chi connectivity index (χ0) is 18.4. The standard InChI is InChI=1S/C20H19FN2O2S/c1-14-2-8-18(9-3-14)25-11-10-22-19(24)12-17-13-26-20(23-17)15-4-6-16(21)7-5-15/h2-9,13H,10-12H2,1H3,(H,22,24). The van der Waals surface area contributed by atoms with Crippen LogP contribution in [0.5, 0.6) is 5.75 Å². The molecule has 1 aromatic heterocycles. The summed E-state index contributed by atoms with van der Waals surface area (Å²) in [5.74, 6) is 0.402. The number of aryl methyl sites for hydroxylation is 1. The highest BCUT2D eigenvalue weighted by molar-refractivity contribution is 7.13. The molecular weight excluding hydrogens is 351 g/mol. The van der Waals surface area contributed by atoms with Crippen molar-refractivity contribution in [2.75, 3.05) is 13.2 Å². The van der Waals surface area contributed by atoms with E-state index >= 15 is 0 Å². The van der Waals surface area contributed by atoms with Crippen LogP contribution in [0.2, 0.25) is 0 Å². The predicted octanol–water partition coefficient (Wildman–Crippen LogP) is 4.00. The first kappa shape index (κ1) is 18.1. The van der Waals surface area contributed by atoms with Gasteiger partial charge in [-0.3, -0.25) is 4.79 Å². The van der Waals surface area contributed by atoms with Gasteiger partial charge in [-0.2, -0.15) is 0 Å². The number of benzene rings is 2. The van der Waals surface area contributed by atoms with Crippen LogP contribution in [0.25, 0.3) is 10.6 Å². The Morgan fingerprint density at radius 1 is 1.15 bits per heavy atom. The smallest absolute Gasteiger partial charge is 0.226 e. The van der Waals surface area contributed by atoms with E-state index in [1.165, 1.54) is 29.0 Å². The third-order valence-electron chi connectivity index (χ3n) is 3.70. The zero-order valence-electron chi connectivity index (χ0n) is 14.4. The van der Waals surface area contributed by atoms with E-state index in [0.717, 1.165) is 16.3 Å². The third-order valence-corrected chi connectivity index (χ3v) is 4.64. The molecule has 134 valence electrons. The molecule has 0 unspecified atom stereocenters. The molecule has 3 aromatic rings. The van der Waals surface area contributed by atoms with Crippen LogP contribution >= 0.6 is 11.3 Å². The van der Waals surface area contributed by atoms with Crippen LogP contribution in [-0.2, 0) is 11.2 Å². The molecular formula is C20H19FN2O2S. The fourth-order valence-corrected chi connectivity index (χ4v) is 3.16. The van der Waals surface area contributed by atoms with Gasteiger partial charge in [-0.25, -0.2) is 9.37 Å². The van der Waals surface area contributed by atoms with Crippen LogP contribution in [0.15, 0.2) is 53.9 Å². The summed E-state index contributed by atoms with van der Waals surface area (Å²) in [6.45, 7) is 2.86. The first-order chi connectivity index (χ1) is 12.6. The van der Waals surface area contributed by atoms with E-state index in [1.54, 1.807) is 12.1 Å². The molecule has 26 heavy (non-hydrogen) atoms. The van der Waals surface area contributed by atoms with Crippen LogP contribution in [0.1, 0.15) is 11.3 Å². The molecule has 0 aliphatic heterocycles. The molecule has 0 radical (unpaired) electrons. The lowest BCUT2D eigenvalue weighted by Crippen LogP contribution is -2.29. The van der Waals surface area contributed by atoms with Crippen molar-refractivity contribution in [3.05, 3.63) is 71.0 Å². The normalized spacial score (nSPS) is 10.5. The Balaban J connectivity index is 1.43. The molecule has 0 aliphatic rings. The maximum absolute atomic E-state index is 13.0. The number of amides is 1. The van der Waals surface area contributed by atoms with Crippen molar-refractivity contribution in [1.82, 2.24) is 10.3 Å². The van der Waals surface area contributed by atoms with Crippen molar-refractivity contribution in [3.63, 3.8) is 0 Å². The van der Waals surface area contributed by atoms with Gasteiger partial charge in [-0.05, 0) is 43.3 Å². The molecule has 0 fully saturated rings. The number of hydrogen-bond acceptors (Lipinski definition) is 4. The summed E-state index contributed by atoms with van der Waals surface area (Å²) < 4.78 is 18.5. The highest BCUT2D eigenvalue weighted by Gasteiger charge is 2.09. The van der Waals surface area contributed by atoms with E-state index < -0.39 is 0 Å². The van der Waals surface area contributed by atoms with Crippen molar-refractivity contribution in [3.8, 4) is 16.3 Å². The summed E-state index contributed by atoms with van der Waals surface area (Å²) in [6, 6.07) is 13.9. The van der Waals surface area contributed by atoms with Gasteiger partial charge in [-0.1, -0.05) is 17.7 Å². The van der Waals surface area contributed by atoms with Gasteiger partial charge in [0.15, 0.2) is 0 Å². The van der Waals surface area contributed by atoms with Crippen LogP contribution < -0.4 is 10.1 Å². The number of nitrogens with one attached hydrogen (secondary N) is 1. The number of aromatic nitrogens is 1. The number of rotatable bonds is 7. The summed E-state index contributed by atoms with van der Waals surface area (Å²) in [7, 11) is 0. The van der Waals surface area contributed by atoms with E-state index in [-0.39, 0.29) is 18.1 Å². The van der Waals surface area contributed by atoms with Gasteiger partial charge >= 0.3 is 0 Å². The van der Waals surface area contributed by atoms with Gasteiger partial charge in [0.25, 0.3) is 0 Å². The number of thiazole rings is 1. The van der Waals surface area contributed by atoms with Gasteiger partial charge in [-0.15, -0.1) is 11.3 Å². The van der Waals surface area contributed by atoms with E-state index in [1.807, 2.05) is 36.6 Å². The molecule has 2 aromatic carbocycles. The van der Waals surface area contributed by atoms with Gasteiger partial charge < -0.3 is 10.1 Å². The summed E-state index contributed by atoms with van der Waals surface area (Å²) >= 11 is 1.44. The van der Waals surface area contributed by atoms with Crippen molar-refractivity contribution in [2.24, 2.45) is 0 Å². The Bertz CT molecular complexity index is 860. The molecule has 1 amide bonds.